The van der Waals surface area contributed by atoms with Crippen LogP contribution in [0.1, 0.15) is 19.5 Å². The zero-order valence-electron chi connectivity index (χ0n) is 9.50. The Morgan fingerprint density at radius 1 is 1.53 bits per heavy atom. The van der Waals surface area contributed by atoms with Gasteiger partial charge < -0.3 is 4.90 Å². The molecule has 0 N–H and O–H groups in total. The summed E-state index contributed by atoms with van der Waals surface area (Å²) in [6.45, 7) is 10.9. The Balaban J connectivity index is 3.00. The van der Waals surface area contributed by atoms with Crippen LogP contribution in [-0.2, 0) is 0 Å². The van der Waals surface area contributed by atoms with E-state index in [1.165, 1.54) is 0 Å². The number of hydrogen-bond acceptors (Lipinski definition) is 2. The van der Waals surface area contributed by atoms with Crippen LogP contribution in [0, 0.1) is 6.92 Å². The Bertz CT molecular complexity index is 347. The predicted molar refractivity (Wildman–Crippen MR) is 69.4 cm³/mol. The molecule has 3 heteroatoms. The molecule has 1 aromatic rings. The second-order valence-electron chi connectivity index (χ2n) is 3.77. The van der Waals surface area contributed by atoms with Crippen LogP contribution in [0.3, 0.4) is 0 Å². The van der Waals surface area contributed by atoms with Gasteiger partial charge in [0.15, 0.2) is 0 Å². The van der Waals surface area contributed by atoms with E-state index in [4.69, 9.17) is 0 Å². The molecule has 82 valence electrons. The van der Waals surface area contributed by atoms with Crippen LogP contribution in [0.5, 0.6) is 0 Å². The number of aryl methyl sites for hydroxylation is 1. The summed E-state index contributed by atoms with van der Waals surface area (Å²) in [4.78, 5) is 6.76. The molecule has 1 rings (SSSR count). The van der Waals surface area contributed by atoms with Crippen molar-refractivity contribution < 1.29 is 0 Å². The standard InChI is InChI=1S/C12H17BrN2/c1-5-8-15(9(2)3)12-7-6-11(13)10(4)14-12/h5-7,9H,1,8H2,2-4H3. The van der Waals surface area contributed by atoms with Crippen molar-refractivity contribution >= 4 is 21.7 Å². The molecule has 15 heavy (non-hydrogen) atoms. The lowest BCUT2D eigenvalue weighted by Crippen LogP contribution is -2.31. The van der Waals surface area contributed by atoms with E-state index in [0.717, 1.165) is 22.5 Å². The molecule has 1 heterocycles. The maximum Gasteiger partial charge on any atom is 0.129 e. The van der Waals surface area contributed by atoms with Crippen LogP contribution in [0.15, 0.2) is 29.3 Å². The average Bonchev–Trinajstić information content (AvgIpc) is 2.18. The molecule has 2 nitrogen and oxygen atoms in total. The highest BCUT2D eigenvalue weighted by atomic mass is 79.9. The summed E-state index contributed by atoms with van der Waals surface area (Å²) in [5.74, 6) is 1.01. The normalized spacial score (nSPS) is 10.5. The number of rotatable bonds is 4. The zero-order valence-corrected chi connectivity index (χ0v) is 11.1. The Labute approximate surface area is 100 Å². The predicted octanol–water partition coefficient (Wildman–Crippen LogP) is 3.55. The quantitative estimate of drug-likeness (QED) is 0.777. The fourth-order valence-corrected chi connectivity index (χ4v) is 1.62. The maximum atomic E-state index is 4.54. The van der Waals surface area contributed by atoms with Crippen molar-refractivity contribution in [1.29, 1.82) is 0 Å². The van der Waals surface area contributed by atoms with Crippen molar-refractivity contribution in [2.75, 3.05) is 11.4 Å². The van der Waals surface area contributed by atoms with Gasteiger partial charge in [0.25, 0.3) is 0 Å². The molecule has 0 amide bonds. The van der Waals surface area contributed by atoms with Gasteiger partial charge in [0.1, 0.15) is 5.82 Å². The molecule has 0 aliphatic carbocycles. The molecule has 0 aromatic carbocycles. The molecular weight excluding hydrogens is 252 g/mol. The first-order valence-corrected chi connectivity index (χ1v) is 5.86. The highest BCUT2D eigenvalue weighted by Gasteiger charge is 2.10. The molecule has 0 fully saturated rings. The van der Waals surface area contributed by atoms with Gasteiger partial charge in [-0.1, -0.05) is 6.08 Å². The number of halogens is 1. The minimum Gasteiger partial charge on any atom is -0.350 e. The topological polar surface area (TPSA) is 16.1 Å². The largest absolute Gasteiger partial charge is 0.350 e. The molecule has 0 aliphatic heterocycles. The number of anilines is 1. The van der Waals surface area contributed by atoms with Crippen molar-refractivity contribution in [3.05, 3.63) is 35.0 Å². The molecule has 0 atom stereocenters. The van der Waals surface area contributed by atoms with Crippen LogP contribution in [0.2, 0.25) is 0 Å². The number of hydrogen-bond donors (Lipinski definition) is 0. The van der Waals surface area contributed by atoms with E-state index >= 15 is 0 Å². The molecule has 0 saturated heterocycles. The van der Waals surface area contributed by atoms with E-state index in [1.807, 2.05) is 25.1 Å². The van der Waals surface area contributed by atoms with Crippen molar-refractivity contribution in [1.82, 2.24) is 4.98 Å². The minimum absolute atomic E-state index is 0.427. The van der Waals surface area contributed by atoms with E-state index in [9.17, 15) is 0 Å². The third-order valence-corrected chi connectivity index (χ3v) is 3.09. The Morgan fingerprint density at radius 2 is 2.20 bits per heavy atom. The van der Waals surface area contributed by atoms with Gasteiger partial charge in [-0.25, -0.2) is 4.98 Å². The third kappa shape index (κ3) is 3.06. The molecule has 1 aromatic heterocycles. The molecule has 0 radical (unpaired) electrons. The summed E-state index contributed by atoms with van der Waals surface area (Å²) >= 11 is 3.45. The first-order valence-electron chi connectivity index (χ1n) is 5.07. The summed E-state index contributed by atoms with van der Waals surface area (Å²) in [5, 5.41) is 0. The van der Waals surface area contributed by atoms with Crippen LogP contribution in [0.25, 0.3) is 0 Å². The van der Waals surface area contributed by atoms with E-state index in [1.54, 1.807) is 0 Å². The molecule has 0 aliphatic rings. The van der Waals surface area contributed by atoms with Gasteiger partial charge in [-0.3, -0.25) is 0 Å². The fourth-order valence-electron chi connectivity index (χ4n) is 1.40. The molecule has 0 spiro atoms. The summed E-state index contributed by atoms with van der Waals surface area (Å²) in [7, 11) is 0. The highest BCUT2D eigenvalue weighted by Crippen LogP contribution is 2.20. The smallest absolute Gasteiger partial charge is 0.129 e. The fraction of sp³-hybridized carbons (Fsp3) is 0.417. The number of aromatic nitrogens is 1. The first-order chi connectivity index (χ1) is 7.06. The van der Waals surface area contributed by atoms with Gasteiger partial charge in [-0.15, -0.1) is 6.58 Å². The average molecular weight is 269 g/mol. The summed E-state index contributed by atoms with van der Waals surface area (Å²) < 4.78 is 1.05. The molecule has 0 saturated carbocycles. The SMILES string of the molecule is C=CCN(c1ccc(Br)c(C)n1)C(C)C. The molecule has 0 unspecified atom stereocenters. The van der Waals surface area contributed by atoms with Gasteiger partial charge in [0.05, 0.1) is 5.69 Å². The second-order valence-corrected chi connectivity index (χ2v) is 4.63. The maximum absolute atomic E-state index is 4.54. The lowest BCUT2D eigenvalue weighted by molar-refractivity contribution is 0.711. The Kier molecular flexibility index (Phi) is 4.33. The van der Waals surface area contributed by atoms with Crippen LogP contribution in [0.4, 0.5) is 5.82 Å². The van der Waals surface area contributed by atoms with E-state index in [-0.39, 0.29) is 0 Å². The Hall–Kier alpha value is -0.830. The second kappa shape index (κ2) is 5.31. The van der Waals surface area contributed by atoms with Gasteiger partial charge in [0.2, 0.25) is 0 Å². The summed E-state index contributed by atoms with van der Waals surface area (Å²) in [6.07, 6.45) is 1.90. The van der Waals surface area contributed by atoms with Gasteiger partial charge >= 0.3 is 0 Å². The van der Waals surface area contributed by atoms with E-state index < -0.39 is 0 Å². The molecule has 0 bridgehead atoms. The van der Waals surface area contributed by atoms with Crippen molar-refractivity contribution in [3.8, 4) is 0 Å². The van der Waals surface area contributed by atoms with Crippen molar-refractivity contribution in [2.24, 2.45) is 0 Å². The lowest BCUT2D eigenvalue weighted by Gasteiger charge is -2.26. The highest BCUT2D eigenvalue weighted by molar-refractivity contribution is 9.10. The minimum atomic E-state index is 0.427. The van der Waals surface area contributed by atoms with Crippen molar-refractivity contribution in [3.63, 3.8) is 0 Å². The van der Waals surface area contributed by atoms with Crippen LogP contribution >= 0.6 is 15.9 Å². The van der Waals surface area contributed by atoms with Gasteiger partial charge in [-0.2, -0.15) is 0 Å². The monoisotopic (exact) mass is 268 g/mol. The van der Waals surface area contributed by atoms with E-state index in [0.29, 0.717) is 6.04 Å². The van der Waals surface area contributed by atoms with Gasteiger partial charge in [0, 0.05) is 17.1 Å². The first kappa shape index (κ1) is 12.2. The number of pyridine rings is 1. The zero-order chi connectivity index (χ0) is 11.4. The summed E-state index contributed by atoms with van der Waals surface area (Å²) in [5.41, 5.74) is 1.02. The van der Waals surface area contributed by atoms with Crippen molar-refractivity contribution in [2.45, 2.75) is 26.8 Å². The lowest BCUT2D eigenvalue weighted by atomic mass is 10.3. The number of nitrogens with zero attached hydrogens (tertiary/aromatic N) is 2. The molecular formula is C12H17BrN2. The van der Waals surface area contributed by atoms with Crippen LogP contribution in [-0.4, -0.2) is 17.6 Å². The Morgan fingerprint density at radius 3 is 2.67 bits per heavy atom. The van der Waals surface area contributed by atoms with Crippen LogP contribution < -0.4 is 4.90 Å². The summed E-state index contributed by atoms with van der Waals surface area (Å²) in [6, 6.07) is 4.49. The van der Waals surface area contributed by atoms with Gasteiger partial charge in [-0.05, 0) is 48.8 Å². The van der Waals surface area contributed by atoms with E-state index in [2.05, 4.69) is 46.2 Å². The third-order valence-electron chi connectivity index (χ3n) is 2.25.